The average Bonchev–Trinajstić information content (AvgIpc) is 2.38. The van der Waals surface area contributed by atoms with Crippen LogP contribution in [0.25, 0.3) is 0 Å². The van der Waals surface area contributed by atoms with Gasteiger partial charge in [-0.1, -0.05) is 12.1 Å². The molecular formula is C13H17FN2O4. The fourth-order valence-corrected chi connectivity index (χ4v) is 1.45. The van der Waals surface area contributed by atoms with E-state index in [0.29, 0.717) is 0 Å². The maximum Gasteiger partial charge on any atom is 0.313 e. The van der Waals surface area contributed by atoms with Gasteiger partial charge in [0.05, 0.1) is 12.3 Å². The smallest absolute Gasteiger partial charge is 0.313 e. The summed E-state index contributed by atoms with van der Waals surface area (Å²) >= 11 is 0. The van der Waals surface area contributed by atoms with Crippen LogP contribution in [0.3, 0.4) is 0 Å². The number of amides is 2. The molecule has 0 aliphatic heterocycles. The summed E-state index contributed by atoms with van der Waals surface area (Å²) in [6.07, 6.45) is 0. The van der Waals surface area contributed by atoms with Gasteiger partial charge in [0.15, 0.2) is 0 Å². The molecule has 0 aromatic heterocycles. The predicted octanol–water partition coefficient (Wildman–Crippen LogP) is 0.278. The molecule has 110 valence electrons. The van der Waals surface area contributed by atoms with Crippen LogP contribution in [0.15, 0.2) is 24.3 Å². The van der Waals surface area contributed by atoms with E-state index in [1.165, 1.54) is 32.2 Å². The Hall–Kier alpha value is -1.99. The first-order chi connectivity index (χ1) is 9.35. The van der Waals surface area contributed by atoms with Gasteiger partial charge in [-0.05, 0) is 19.1 Å². The molecule has 0 fully saturated rings. The first-order valence-corrected chi connectivity index (χ1v) is 5.91. The summed E-state index contributed by atoms with van der Waals surface area (Å²) in [6.45, 7) is 1.29. The summed E-state index contributed by atoms with van der Waals surface area (Å²) in [5.41, 5.74) is -1.38. The van der Waals surface area contributed by atoms with Gasteiger partial charge in [-0.25, -0.2) is 4.39 Å². The molecule has 6 nitrogen and oxygen atoms in total. The van der Waals surface area contributed by atoms with Crippen molar-refractivity contribution >= 4 is 17.5 Å². The second kappa shape index (κ2) is 6.97. The number of hydrogen-bond acceptors (Lipinski definition) is 4. The second-order valence-corrected chi connectivity index (χ2v) is 4.55. The Balaban J connectivity index is 2.52. The molecule has 0 radical (unpaired) electrons. The van der Waals surface area contributed by atoms with Gasteiger partial charge in [-0.15, -0.1) is 0 Å². The van der Waals surface area contributed by atoms with Gasteiger partial charge < -0.3 is 20.5 Å². The van der Waals surface area contributed by atoms with Gasteiger partial charge in [-0.3, -0.25) is 9.59 Å². The Morgan fingerprint density at radius 2 is 2.00 bits per heavy atom. The zero-order chi connectivity index (χ0) is 15.2. The Bertz CT molecular complexity index is 491. The van der Waals surface area contributed by atoms with Crippen LogP contribution in [0.2, 0.25) is 0 Å². The third-order valence-corrected chi connectivity index (χ3v) is 2.41. The molecule has 7 heteroatoms. The highest BCUT2D eigenvalue weighted by Gasteiger charge is 2.23. The fourth-order valence-electron chi connectivity index (χ4n) is 1.45. The lowest BCUT2D eigenvalue weighted by Gasteiger charge is -2.22. The molecule has 1 aromatic carbocycles. The lowest BCUT2D eigenvalue weighted by atomic mass is 10.1. The van der Waals surface area contributed by atoms with Crippen LogP contribution in [0, 0.1) is 5.82 Å². The summed E-state index contributed by atoms with van der Waals surface area (Å²) in [7, 11) is 1.40. The highest BCUT2D eigenvalue weighted by molar-refractivity contribution is 6.39. The number of carbonyl (C=O) groups excluding carboxylic acids is 2. The minimum Gasteiger partial charge on any atom is -0.386 e. The zero-order valence-corrected chi connectivity index (χ0v) is 11.3. The van der Waals surface area contributed by atoms with E-state index in [1.54, 1.807) is 0 Å². The molecule has 0 heterocycles. The summed E-state index contributed by atoms with van der Waals surface area (Å²) in [5, 5.41) is 14.1. The van der Waals surface area contributed by atoms with Crippen LogP contribution in [-0.2, 0) is 14.3 Å². The molecule has 3 N–H and O–H groups in total. The number of rotatable bonds is 5. The monoisotopic (exact) mass is 284 g/mol. The van der Waals surface area contributed by atoms with E-state index in [9.17, 15) is 19.1 Å². The SMILES string of the molecule is COCC(C)(O)CNC(=O)C(=O)Nc1ccccc1F. The van der Waals surface area contributed by atoms with Crippen LogP contribution >= 0.6 is 0 Å². The molecule has 0 saturated carbocycles. The Kier molecular flexibility index (Phi) is 5.60. The van der Waals surface area contributed by atoms with E-state index >= 15 is 0 Å². The number of benzene rings is 1. The molecule has 0 saturated heterocycles. The standard InChI is InChI=1S/C13H17FN2O4/c1-13(19,8-20-2)7-15-11(17)12(18)16-10-6-4-3-5-9(10)14/h3-6,19H,7-8H2,1-2H3,(H,15,17)(H,16,18). The van der Waals surface area contributed by atoms with Gasteiger partial charge in [0.2, 0.25) is 0 Å². The van der Waals surface area contributed by atoms with E-state index < -0.39 is 23.2 Å². The molecule has 0 aliphatic carbocycles. The van der Waals surface area contributed by atoms with Gasteiger partial charge in [0.1, 0.15) is 11.4 Å². The van der Waals surface area contributed by atoms with Gasteiger partial charge in [-0.2, -0.15) is 0 Å². The van der Waals surface area contributed by atoms with Crippen molar-refractivity contribution in [1.82, 2.24) is 5.32 Å². The number of aliphatic hydroxyl groups is 1. The van der Waals surface area contributed by atoms with E-state index in [0.717, 1.165) is 6.07 Å². The van der Waals surface area contributed by atoms with Crippen LogP contribution in [0.1, 0.15) is 6.92 Å². The van der Waals surface area contributed by atoms with Crippen LogP contribution in [0.4, 0.5) is 10.1 Å². The number of anilines is 1. The number of halogens is 1. The van der Waals surface area contributed by atoms with Crippen molar-refractivity contribution < 1.29 is 23.8 Å². The number of nitrogens with one attached hydrogen (secondary N) is 2. The average molecular weight is 284 g/mol. The summed E-state index contributed by atoms with van der Waals surface area (Å²) in [6, 6.07) is 5.49. The molecule has 0 spiro atoms. The number of carbonyl (C=O) groups is 2. The van der Waals surface area contributed by atoms with Crippen molar-refractivity contribution in [3.8, 4) is 0 Å². The lowest BCUT2D eigenvalue weighted by molar-refractivity contribution is -0.137. The van der Waals surface area contributed by atoms with E-state index in [4.69, 9.17) is 4.74 Å². The van der Waals surface area contributed by atoms with Gasteiger partial charge >= 0.3 is 11.8 Å². The van der Waals surface area contributed by atoms with Crippen molar-refractivity contribution in [1.29, 1.82) is 0 Å². The van der Waals surface area contributed by atoms with Crippen LogP contribution in [0.5, 0.6) is 0 Å². The third-order valence-electron chi connectivity index (χ3n) is 2.41. The molecule has 2 amide bonds. The van der Waals surface area contributed by atoms with Crippen molar-refractivity contribution in [3.05, 3.63) is 30.1 Å². The van der Waals surface area contributed by atoms with E-state index in [1.807, 2.05) is 0 Å². The fraction of sp³-hybridized carbons (Fsp3) is 0.385. The molecule has 1 aromatic rings. The summed E-state index contributed by atoms with van der Waals surface area (Å²) < 4.78 is 18.0. The molecular weight excluding hydrogens is 267 g/mol. The first kappa shape index (κ1) is 16.1. The summed E-state index contributed by atoms with van der Waals surface area (Å²) in [5.74, 6) is -2.62. The Morgan fingerprint density at radius 3 is 2.60 bits per heavy atom. The summed E-state index contributed by atoms with van der Waals surface area (Å²) in [4.78, 5) is 23.0. The maximum atomic E-state index is 13.3. The first-order valence-electron chi connectivity index (χ1n) is 5.91. The zero-order valence-electron chi connectivity index (χ0n) is 11.3. The van der Waals surface area contributed by atoms with Gasteiger partial charge in [0, 0.05) is 13.7 Å². The Labute approximate surface area is 115 Å². The molecule has 0 bridgehead atoms. The predicted molar refractivity (Wildman–Crippen MR) is 70.5 cm³/mol. The number of ether oxygens (including phenoxy) is 1. The van der Waals surface area contributed by atoms with Crippen molar-refractivity contribution in [2.24, 2.45) is 0 Å². The lowest BCUT2D eigenvalue weighted by Crippen LogP contribution is -2.46. The Morgan fingerprint density at radius 1 is 1.35 bits per heavy atom. The van der Waals surface area contributed by atoms with Crippen molar-refractivity contribution in [2.45, 2.75) is 12.5 Å². The van der Waals surface area contributed by atoms with E-state index in [2.05, 4.69) is 10.6 Å². The number of para-hydroxylation sites is 1. The molecule has 1 atom stereocenters. The van der Waals surface area contributed by atoms with E-state index in [-0.39, 0.29) is 18.8 Å². The number of hydrogen-bond donors (Lipinski definition) is 3. The topological polar surface area (TPSA) is 87.7 Å². The van der Waals surface area contributed by atoms with Crippen LogP contribution in [-0.4, -0.2) is 42.8 Å². The number of methoxy groups -OCH3 is 1. The quantitative estimate of drug-likeness (QED) is 0.678. The van der Waals surface area contributed by atoms with Crippen LogP contribution < -0.4 is 10.6 Å². The normalized spacial score (nSPS) is 13.4. The minimum absolute atomic E-state index is 0.00219. The highest BCUT2D eigenvalue weighted by Crippen LogP contribution is 2.11. The molecule has 1 rings (SSSR count). The molecule has 1 unspecified atom stereocenters. The minimum atomic E-state index is -1.29. The largest absolute Gasteiger partial charge is 0.386 e. The highest BCUT2D eigenvalue weighted by atomic mass is 19.1. The van der Waals surface area contributed by atoms with Crippen molar-refractivity contribution in [3.63, 3.8) is 0 Å². The third kappa shape index (κ3) is 4.94. The maximum absolute atomic E-state index is 13.3. The second-order valence-electron chi connectivity index (χ2n) is 4.55. The van der Waals surface area contributed by atoms with Crippen molar-refractivity contribution in [2.75, 3.05) is 25.6 Å². The molecule has 20 heavy (non-hydrogen) atoms. The molecule has 0 aliphatic rings. The van der Waals surface area contributed by atoms with Gasteiger partial charge in [0.25, 0.3) is 0 Å².